The van der Waals surface area contributed by atoms with Crippen LogP contribution in [0.5, 0.6) is 0 Å². The van der Waals surface area contributed by atoms with Gasteiger partial charge in [-0.15, -0.1) is 0 Å². The summed E-state index contributed by atoms with van der Waals surface area (Å²) in [6.45, 7) is 1.35. The second-order valence-electron chi connectivity index (χ2n) is 8.00. The minimum atomic E-state index is -0.170. The number of nitrogens with zero attached hydrogens (tertiary/aromatic N) is 5. The van der Waals surface area contributed by atoms with Crippen LogP contribution in [0, 0.1) is 0 Å². The lowest BCUT2D eigenvalue weighted by Crippen LogP contribution is -2.32. The van der Waals surface area contributed by atoms with E-state index < -0.39 is 0 Å². The first-order valence-corrected chi connectivity index (χ1v) is 10.8. The van der Waals surface area contributed by atoms with Gasteiger partial charge in [-0.2, -0.15) is 5.10 Å². The van der Waals surface area contributed by atoms with E-state index in [2.05, 4.69) is 15.4 Å². The maximum absolute atomic E-state index is 13.0. The fourth-order valence-corrected chi connectivity index (χ4v) is 3.73. The Morgan fingerprint density at radius 1 is 1.06 bits per heavy atom. The fraction of sp³-hybridized carbons (Fsp3) is 0.250. The molecule has 8 heteroatoms. The summed E-state index contributed by atoms with van der Waals surface area (Å²) < 4.78 is 5.12. The van der Waals surface area contributed by atoms with E-state index in [0.717, 1.165) is 29.9 Å². The third kappa shape index (κ3) is 4.25. The molecule has 1 fully saturated rings. The van der Waals surface area contributed by atoms with Gasteiger partial charge in [0.15, 0.2) is 0 Å². The van der Waals surface area contributed by atoms with Gasteiger partial charge < -0.3 is 9.88 Å². The van der Waals surface area contributed by atoms with Crippen molar-refractivity contribution in [1.82, 2.24) is 29.2 Å². The van der Waals surface area contributed by atoms with Crippen molar-refractivity contribution in [2.75, 3.05) is 6.54 Å². The number of para-hydroxylation sites is 1. The summed E-state index contributed by atoms with van der Waals surface area (Å²) in [5, 5.41) is 7.46. The SMILES string of the molecule is O=C(NCCn1nc(C2CC2)n(-c2ccccc2)c1=O)c1ccc(Cn2ccnc2)cc1. The molecule has 0 aliphatic heterocycles. The number of aromatic nitrogens is 5. The van der Waals surface area contributed by atoms with Crippen molar-refractivity contribution in [1.29, 1.82) is 0 Å². The fourth-order valence-electron chi connectivity index (χ4n) is 3.73. The molecule has 4 aromatic rings. The summed E-state index contributed by atoms with van der Waals surface area (Å²) in [5.74, 6) is 0.970. The standard InChI is InChI=1S/C24H24N6O2/c31-23(20-8-6-18(7-9-20)16-28-14-12-25-17-28)26-13-15-29-24(32)30(21-4-2-1-3-5-21)22(27-29)19-10-11-19/h1-9,12,14,17,19H,10-11,13,15-16H2,(H,26,31). The van der Waals surface area contributed by atoms with Crippen molar-refractivity contribution in [3.8, 4) is 5.69 Å². The quantitative estimate of drug-likeness (QED) is 0.467. The molecule has 162 valence electrons. The van der Waals surface area contributed by atoms with E-state index in [1.54, 1.807) is 17.1 Å². The Bertz CT molecular complexity index is 1250. The van der Waals surface area contributed by atoms with Crippen LogP contribution in [0.2, 0.25) is 0 Å². The Kier molecular flexibility index (Phi) is 5.41. The molecule has 0 atom stereocenters. The van der Waals surface area contributed by atoms with E-state index in [1.807, 2.05) is 65.4 Å². The van der Waals surface area contributed by atoms with Gasteiger partial charge in [-0.05, 0) is 42.7 Å². The molecule has 0 unspecified atom stereocenters. The van der Waals surface area contributed by atoms with E-state index >= 15 is 0 Å². The van der Waals surface area contributed by atoms with Gasteiger partial charge in [-0.3, -0.25) is 4.79 Å². The first kappa shape index (κ1) is 20.0. The Morgan fingerprint density at radius 2 is 1.84 bits per heavy atom. The molecule has 8 nitrogen and oxygen atoms in total. The molecule has 2 aromatic carbocycles. The molecule has 1 aliphatic rings. The first-order chi connectivity index (χ1) is 15.7. The molecule has 2 heterocycles. The summed E-state index contributed by atoms with van der Waals surface area (Å²) in [7, 11) is 0. The smallest absolute Gasteiger partial charge is 0.350 e. The summed E-state index contributed by atoms with van der Waals surface area (Å²) in [6, 6.07) is 17.1. The van der Waals surface area contributed by atoms with E-state index in [-0.39, 0.29) is 11.6 Å². The highest BCUT2D eigenvalue weighted by Gasteiger charge is 2.31. The van der Waals surface area contributed by atoms with Gasteiger partial charge >= 0.3 is 5.69 Å². The second kappa shape index (κ2) is 8.66. The molecule has 2 aromatic heterocycles. The van der Waals surface area contributed by atoms with Gasteiger partial charge in [-0.1, -0.05) is 30.3 Å². The average Bonchev–Trinajstić information content (AvgIpc) is 3.44. The van der Waals surface area contributed by atoms with Crippen LogP contribution in [0.3, 0.4) is 0 Å². The predicted octanol–water partition coefficient (Wildman–Crippen LogP) is 2.59. The number of rotatable bonds is 8. The van der Waals surface area contributed by atoms with Crippen LogP contribution in [0.4, 0.5) is 0 Å². The van der Waals surface area contributed by atoms with Gasteiger partial charge in [0, 0.05) is 37.0 Å². The van der Waals surface area contributed by atoms with Gasteiger partial charge in [0.1, 0.15) is 5.82 Å². The zero-order chi connectivity index (χ0) is 21.9. The number of imidazole rings is 1. The van der Waals surface area contributed by atoms with Gasteiger partial charge in [-0.25, -0.2) is 19.0 Å². The number of nitrogens with one attached hydrogen (secondary N) is 1. The van der Waals surface area contributed by atoms with Crippen molar-refractivity contribution < 1.29 is 4.79 Å². The summed E-state index contributed by atoms with van der Waals surface area (Å²) in [5.41, 5.74) is 2.33. The van der Waals surface area contributed by atoms with Crippen molar-refractivity contribution >= 4 is 5.91 Å². The molecular weight excluding hydrogens is 404 g/mol. The summed E-state index contributed by atoms with van der Waals surface area (Å²) >= 11 is 0. The third-order valence-electron chi connectivity index (χ3n) is 5.57. The molecule has 0 radical (unpaired) electrons. The van der Waals surface area contributed by atoms with Crippen LogP contribution in [-0.4, -0.2) is 36.4 Å². The van der Waals surface area contributed by atoms with Gasteiger partial charge in [0.2, 0.25) is 0 Å². The molecular formula is C24H24N6O2. The van der Waals surface area contributed by atoms with Crippen LogP contribution >= 0.6 is 0 Å². The van der Waals surface area contributed by atoms with Crippen molar-refractivity contribution in [2.24, 2.45) is 0 Å². The topological polar surface area (TPSA) is 86.7 Å². The highest BCUT2D eigenvalue weighted by Crippen LogP contribution is 2.39. The highest BCUT2D eigenvalue weighted by atomic mass is 16.2. The van der Waals surface area contributed by atoms with E-state index in [9.17, 15) is 9.59 Å². The van der Waals surface area contributed by atoms with Crippen molar-refractivity contribution in [2.45, 2.75) is 31.8 Å². The average molecular weight is 428 g/mol. The molecule has 0 saturated heterocycles. The van der Waals surface area contributed by atoms with Crippen molar-refractivity contribution in [3.63, 3.8) is 0 Å². The lowest BCUT2D eigenvalue weighted by molar-refractivity contribution is 0.0951. The van der Waals surface area contributed by atoms with E-state index in [4.69, 9.17) is 0 Å². The number of hydrogen-bond acceptors (Lipinski definition) is 4. The normalized spacial score (nSPS) is 13.2. The van der Waals surface area contributed by atoms with Crippen LogP contribution in [-0.2, 0) is 13.1 Å². The zero-order valence-electron chi connectivity index (χ0n) is 17.6. The zero-order valence-corrected chi connectivity index (χ0v) is 17.6. The van der Waals surface area contributed by atoms with Crippen LogP contribution < -0.4 is 11.0 Å². The highest BCUT2D eigenvalue weighted by molar-refractivity contribution is 5.94. The molecule has 1 saturated carbocycles. The predicted molar refractivity (Wildman–Crippen MR) is 120 cm³/mol. The first-order valence-electron chi connectivity index (χ1n) is 10.8. The van der Waals surface area contributed by atoms with Crippen molar-refractivity contribution in [3.05, 3.63) is 101 Å². The Hall–Kier alpha value is -3.94. The van der Waals surface area contributed by atoms with E-state index in [1.165, 1.54) is 4.68 Å². The Balaban J connectivity index is 1.23. The summed E-state index contributed by atoms with van der Waals surface area (Å²) in [6.07, 6.45) is 7.50. The number of hydrogen-bond donors (Lipinski definition) is 1. The van der Waals surface area contributed by atoms with E-state index in [0.29, 0.717) is 31.1 Å². The molecule has 0 spiro atoms. The molecule has 32 heavy (non-hydrogen) atoms. The Morgan fingerprint density at radius 3 is 2.53 bits per heavy atom. The number of amides is 1. The number of carbonyl (C=O) groups is 1. The minimum absolute atomic E-state index is 0.169. The molecule has 5 rings (SSSR count). The molecule has 1 amide bonds. The maximum Gasteiger partial charge on any atom is 0.350 e. The second-order valence-corrected chi connectivity index (χ2v) is 8.00. The van der Waals surface area contributed by atoms with Gasteiger partial charge in [0.05, 0.1) is 18.6 Å². The monoisotopic (exact) mass is 428 g/mol. The third-order valence-corrected chi connectivity index (χ3v) is 5.57. The number of carbonyl (C=O) groups excluding carboxylic acids is 1. The molecule has 1 N–H and O–H groups in total. The van der Waals surface area contributed by atoms with Crippen LogP contribution in [0.1, 0.15) is 40.5 Å². The lowest BCUT2D eigenvalue weighted by atomic mass is 10.1. The lowest BCUT2D eigenvalue weighted by Gasteiger charge is -2.07. The molecule has 1 aliphatic carbocycles. The molecule has 0 bridgehead atoms. The largest absolute Gasteiger partial charge is 0.350 e. The van der Waals surface area contributed by atoms with Crippen LogP contribution in [0.25, 0.3) is 5.69 Å². The minimum Gasteiger partial charge on any atom is -0.350 e. The van der Waals surface area contributed by atoms with Crippen LogP contribution in [0.15, 0.2) is 78.1 Å². The van der Waals surface area contributed by atoms with Gasteiger partial charge in [0.25, 0.3) is 5.91 Å². The maximum atomic E-state index is 13.0. The Labute approximate surface area is 185 Å². The summed E-state index contributed by atoms with van der Waals surface area (Å²) in [4.78, 5) is 29.5. The number of benzene rings is 2.